The van der Waals surface area contributed by atoms with Crippen molar-refractivity contribution < 1.29 is 0 Å². The first-order valence-electron chi connectivity index (χ1n) is 6.63. The van der Waals surface area contributed by atoms with Gasteiger partial charge in [-0.05, 0) is 37.2 Å². The number of nitrogens with zero attached hydrogens (tertiary/aromatic N) is 2. The van der Waals surface area contributed by atoms with E-state index in [0.29, 0.717) is 0 Å². The number of halogens is 3. The van der Waals surface area contributed by atoms with Gasteiger partial charge in [0.15, 0.2) is 0 Å². The highest BCUT2D eigenvalue weighted by atomic mass is 79.9. The summed E-state index contributed by atoms with van der Waals surface area (Å²) >= 11 is 15.5. The molecule has 0 unspecified atom stereocenters. The summed E-state index contributed by atoms with van der Waals surface area (Å²) in [6.45, 7) is 6.39. The molecule has 0 spiro atoms. The van der Waals surface area contributed by atoms with Crippen molar-refractivity contribution in [1.29, 1.82) is 0 Å². The molecule has 0 radical (unpaired) electrons. The summed E-state index contributed by atoms with van der Waals surface area (Å²) in [7, 11) is 0. The number of alkyl halides is 1. The molecule has 0 N–H and O–H groups in total. The number of rotatable bonds is 4. The Labute approximate surface area is 133 Å². The molecular formula is C14H19BrCl2N2. The van der Waals surface area contributed by atoms with Gasteiger partial charge in [0, 0.05) is 41.6 Å². The van der Waals surface area contributed by atoms with Crippen LogP contribution < -0.4 is 0 Å². The van der Waals surface area contributed by atoms with Gasteiger partial charge < -0.3 is 4.90 Å². The van der Waals surface area contributed by atoms with Crippen LogP contribution in [0.1, 0.15) is 12.0 Å². The van der Waals surface area contributed by atoms with Crippen LogP contribution >= 0.6 is 39.1 Å². The maximum Gasteiger partial charge on any atom is 0.0462 e. The smallest absolute Gasteiger partial charge is 0.0462 e. The lowest BCUT2D eigenvalue weighted by molar-refractivity contribution is 0.258. The Balaban J connectivity index is 1.92. The van der Waals surface area contributed by atoms with E-state index in [-0.39, 0.29) is 0 Å². The lowest BCUT2D eigenvalue weighted by atomic mass is 10.2. The molecule has 1 heterocycles. The highest BCUT2D eigenvalue weighted by molar-refractivity contribution is 9.10. The number of hydrogen-bond acceptors (Lipinski definition) is 2. The van der Waals surface area contributed by atoms with E-state index >= 15 is 0 Å². The summed E-state index contributed by atoms with van der Waals surface area (Å²) in [6, 6.07) is 6.13. The van der Waals surface area contributed by atoms with E-state index in [1.54, 1.807) is 0 Å². The van der Waals surface area contributed by atoms with Crippen LogP contribution in [0.15, 0.2) is 22.7 Å². The predicted octanol–water partition coefficient (Wildman–Crippen LogP) is 3.85. The first-order valence-corrected chi connectivity index (χ1v) is 8.34. The summed E-state index contributed by atoms with van der Waals surface area (Å²) in [5, 5.41) is 0.844. The molecule has 1 aromatic carbocycles. The van der Waals surface area contributed by atoms with Crippen LogP contribution in [0.3, 0.4) is 0 Å². The molecule has 5 heteroatoms. The molecule has 19 heavy (non-hydrogen) atoms. The molecule has 0 aliphatic carbocycles. The molecule has 0 atom stereocenters. The van der Waals surface area contributed by atoms with Crippen LogP contribution in [0.2, 0.25) is 5.02 Å². The third-order valence-corrected chi connectivity index (χ3v) is 4.51. The van der Waals surface area contributed by atoms with Crippen molar-refractivity contribution in [3.05, 3.63) is 33.3 Å². The van der Waals surface area contributed by atoms with E-state index in [1.807, 2.05) is 6.07 Å². The minimum Gasteiger partial charge on any atom is -0.301 e. The van der Waals surface area contributed by atoms with Crippen molar-refractivity contribution in [2.75, 3.05) is 38.6 Å². The van der Waals surface area contributed by atoms with Gasteiger partial charge in [-0.1, -0.05) is 33.6 Å². The van der Waals surface area contributed by atoms with Crippen LogP contribution in [-0.2, 0) is 6.54 Å². The van der Waals surface area contributed by atoms with Crippen LogP contribution in [0.25, 0.3) is 0 Å². The highest BCUT2D eigenvalue weighted by Crippen LogP contribution is 2.23. The molecule has 1 aromatic rings. The van der Waals surface area contributed by atoms with Crippen LogP contribution in [0, 0.1) is 0 Å². The summed E-state index contributed by atoms with van der Waals surface area (Å²) in [5.74, 6) is 0.721. The Kier molecular flexibility index (Phi) is 6.43. The van der Waals surface area contributed by atoms with Crippen molar-refractivity contribution in [3.8, 4) is 0 Å². The molecular weight excluding hydrogens is 347 g/mol. The van der Waals surface area contributed by atoms with Gasteiger partial charge in [-0.2, -0.15) is 0 Å². The van der Waals surface area contributed by atoms with Crippen LogP contribution in [0.5, 0.6) is 0 Å². The van der Waals surface area contributed by atoms with Crippen molar-refractivity contribution in [3.63, 3.8) is 0 Å². The second kappa shape index (κ2) is 7.84. The van der Waals surface area contributed by atoms with Gasteiger partial charge >= 0.3 is 0 Å². The second-order valence-corrected chi connectivity index (χ2v) is 6.60. The zero-order chi connectivity index (χ0) is 13.7. The van der Waals surface area contributed by atoms with Crippen LogP contribution in [0.4, 0.5) is 0 Å². The Hall–Kier alpha value is 0.200. The average Bonchev–Trinajstić information content (AvgIpc) is 2.59. The average molecular weight is 366 g/mol. The van der Waals surface area contributed by atoms with Gasteiger partial charge in [-0.25, -0.2) is 0 Å². The number of hydrogen-bond donors (Lipinski definition) is 0. The topological polar surface area (TPSA) is 6.48 Å². The Morgan fingerprint density at radius 1 is 1.11 bits per heavy atom. The fourth-order valence-corrected chi connectivity index (χ4v) is 3.39. The third kappa shape index (κ3) is 4.91. The lowest BCUT2D eigenvalue weighted by Crippen LogP contribution is -2.31. The molecule has 0 aromatic heterocycles. The molecule has 2 rings (SSSR count). The third-order valence-electron chi connectivity index (χ3n) is 3.49. The van der Waals surface area contributed by atoms with Crippen molar-refractivity contribution in [2.45, 2.75) is 13.0 Å². The van der Waals surface area contributed by atoms with Crippen molar-refractivity contribution in [2.24, 2.45) is 0 Å². The fraction of sp³-hybridized carbons (Fsp3) is 0.571. The summed E-state index contributed by atoms with van der Waals surface area (Å²) in [6.07, 6.45) is 1.20. The van der Waals surface area contributed by atoms with E-state index in [4.69, 9.17) is 23.2 Å². The lowest BCUT2D eigenvalue weighted by Gasteiger charge is -2.21. The highest BCUT2D eigenvalue weighted by Gasteiger charge is 2.15. The van der Waals surface area contributed by atoms with E-state index in [2.05, 4.69) is 37.9 Å². The predicted molar refractivity (Wildman–Crippen MR) is 86.2 cm³/mol. The molecule has 1 fully saturated rings. The van der Waals surface area contributed by atoms with Crippen molar-refractivity contribution >= 4 is 39.1 Å². The molecule has 0 bridgehead atoms. The quantitative estimate of drug-likeness (QED) is 0.747. The van der Waals surface area contributed by atoms with E-state index in [0.717, 1.165) is 54.6 Å². The van der Waals surface area contributed by atoms with Crippen LogP contribution in [-0.4, -0.2) is 48.4 Å². The monoisotopic (exact) mass is 364 g/mol. The summed E-state index contributed by atoms with van der Waals surface area (Å²) in [4.78, 5) is 4.92. The standard InChI is InChI=1S/C14H19BrCl2N2/c15-13-3-2-12(14(17)10-13)11-19-6-1-5-18(7-4-16)8-9-19/h2-3,10H,1,4-9,11H2. The molecule has 2 nitrogen and oxygen atoms in total. The Morgan fingerprint density at radius 2 is 1.84 bits per heavy atom. The minimum atomic E-state index is 0.721. The van der Waals surface area contributed by atoms with Gasteiger partial charge in [0.2, 0.25) is 0 Å². The molecule has 1 saturated heterocycles. The Bertz CT molecular complexity index is 414. The van der Waals surface area contributed by atoms with Gasteiger partial charge in [-0.15, -0.1) is 11.6 Å². The minimum absolute atomic E-state index is 0.721. The van der Waals surface area contributed by atoms with Gasteiger partial charge in [0.1, 0.15) is 0 Å². The molecule has 106 valence electrons. The maximum atomic E-state index is 6.28. The second-order valence-electron chi connectivity index (χ2n) is 4.90. The van der Waals surface area contributed by atoms with E-state index < -0.39 is 0 Å². The fourth-order valence-electron chi connectivity index (χ4n) is 2.42. The van der Waals surface area contributed by atoms with Gasteiger partial charge in [-0.3, -0.25) is 4.90 Å². The molecule has 1 aliphatic rings. The first-order chi connectivity index (χ1) is 9.19. The zero-order valence-electron chi connectivity index (χ0n) is 10.9. The van der Waals surface area contributed by atoms with Gasteiger partial charge in [0.05, 0.1) is 0 Å². The normalized spacial score (nSPS) is 18.5. The molecule has 0 saturated carbocycles. The Morgan fingerprint density at radius 3 is 2.58 bits per heavy atom. The zero-order valence-corrected chi connectivity index (χ0v) is 14.0. The van der Waals surface area contributed by atoms with E-state index in [9.17, 15) is 0 Å². The van der Waals surface area contributed by atoms with Crippen molar-refractivity contribution in [1.82, 2.24) is 9.80 Å². The molecule has 0 amide bonds. The summed E-state index contributed by atoms with van der Waals surface area (Å²) in [5.41, 5.74) is 1.20. The number of benzene rings is 1. The SMILES string of the molecule is ClCCN1CCCN(Cc2ccc(Br)cc2Cl)CC1. The molecule has 1 aliphatic heterocycles. The maximum absolute atomic E-state index is 6.28. The summed E-state index contributed by atoms with van der Waals surface area (Å²) < 4.78 is 1.03. The largest absolute Gasteiger partial charge is 0.301 e. The van der Waals surface area contributed by atoms with Gasteiger partial charge in [0.25, 0.3) is 0 Å². The first kappa shape index (κ1) is 15.6. The van der Waals surface area contributed by atoms with E-state index in [1.165, 1.54) is 12.0 Å².